The van der Waals surface area contributed by atoms with Crippen LogP contribution in [-0.4, -0.2) is 48.3 Å². The van der Waals surface area contributed by atoms with Crippen LogP contribution < -0.4 is 9.47 Å². The van der Waals surface area contributed by atoms with Crippen LogP contribution in [0, 0.1) is 0 Å². The molecule has 1 aliphatic rings. The van der Waals surface area contributed by atoms with Crippen LogP contribution in [0.5, 0.6) is 11.5 Å². The first kappa shape index (κ1) is 19.0. The summed E-state index contributed by atoms with van der Waals surface area (Å²) in [5.41, 5.74) is 1.91. The minimum absolute atomic E-state index is 0.0694. The molecule has 1 fully saturated rings. The normalized spacial score (nSPS) is 16.3. The van der Waals surface area contributed by atoms with Crippen molar-refractivity contribution in [3.05, 3.63) is 59.9 Å². The van der Waals surface area contributed by atoms with Gasteiger partial charge >= 0.3 is 0 Å². The van der Waals surface area contributed by atoms with Gasteiger partial charge in [-0.1, -0.05) is 35.5 Å². The van der Waals surface area contributed by atoms with Crippen molar-refractivity contribution < 1.29 is 18.8 Å². The van der Waals surface area contributed by atoms with E-state index in [0.29, 0.717) is 48.3 Å². The first-order chi connectivity index (χ1) is 14.2. The third-order valence-electron chi connectivity index (χ3n) is 5.17. The van der Waals surface area contributed by atoms with E-state index in [2.05, 4.69) is 22.3 Å². The van der Waals surface area contributed by atoms with Crippen molar-refractivity contribution in [2.45, 2.75) is 18.8 Å². The monoisotopic (exact) mass is 393 g/mol. The minimum Gasteiger partial charge on any atom is -0.497 e. The Morgan fingerprint density at radius 2 is 1.97 bits per heavy atom. The van der Waals surface area contributed by atoms with Gasteiger partial charge in [0, 0.05) is 31.5 Å². The number of likely N-dealkylation sites (tertiary alicyclic amines) is 1. The molecule has 4 rings (SSSR count). The van der Waals surface area contributed by atoms with Crippen LogP contribution in [-0.2, 0) is 11.2 Å². The van der Waals surface area contributed by atoms with Gasteiger partial charge in [-0.05, 0) is 24.1 Å². The van der Waals surface area contributed by atoms with Crippen molar-refractivity contribution in [3.63, 3.8) is 0 Å². The van der Waals surface area contributed by atoms with Gasteiger partial charge in [0.1, 0.15) is 11.5 Å². The first-order valence-electron chi connectivity index (χ1n) is 9.55. The van der Waals surface area contributed by atoms with Crippen LogP contribution >= 0.6 is 0 Å². The molecule has 0 bridgehead atoms. The van der Waals surface area contributed by atoms with Gasteiger partial charge in [-0.25, -0.2) is 0 Å². The third kappa shape index (κ3) is 4.08. The molecule has 1 atom stereocenters. The molecule has 0 aliphatic carbocycles. The lowest BCUT2D eigenvalue weighted by molar-refractivity contribution is -0.127. The Morgan fingerprint density at radius 1 is 1.14 bits per heavy atom. The van der Waals surface area contributed by atoms with E-state index in [1.54, 1.807) is 20.3 Å². The Kier molecular flexibility index (Phi) is 5.46. The highest BCUT2D eigenvalue weighted by Gasteiger charge is 2.33. The summed E-state index contributed by atoms with van der Waals surface area (Å²) < 4.78 is 16.1. The molecule has 1 aromatic heterocycles. The molecule has 1 amide bonds. The van der Waals surface area contributed by atoms with Gasteiger partial charge in [-0.3, -0.25) is 4.79 Å². The van der Waals surface area contributed by atoms with Crippen LogP contribution in [0.15, 0.2) is 53.1 Å². The SMILES string of the molecule is COc1ccc(-c2nc(C3CC(=O)N(CCc4ccccc4)C3)no2)c(OC)c1. The largest absolute Gasteiger partial charge is 0.497 e. The van der Waals surface area contributed by atoms with E-state index in [4.69, 9.17) is 14.0 Å². The zero-order valence-corrected chi connectivity index (χ0v) is 16.5. The number of rotatable bonds is 7. The van der Waals surface area contributed by atoms with Crippen molar-refractivity contribution in [3.8, 4) is 23.0 Å². The maximum atomic E-state index is 12.4. The number of methoxy groups -OCH3 is 2. The topological polar surface area (TPSA) is 77.7 Å². The number of hydrogen-bond acceptors (Lipinski definition) is 6. The molecule has 3 aromatic rings. The van der Waals surface area contributed by atoms with Crippen LogP contribution in [0.4, 0.5) is 0 Å². The highest BCUT2D eigenvalue weighted by molar-refractivity contribution is 5.79. The lowest BCUT2D eigenvalue weighted by Gasteiger charge is -2.15. The predicted octanol–water partition coefficient (Wildman–Crippen LogP) is 3.31. The maximum absolute atomic E-state index is 12.4. The standard InChI is InChI=1S/C22H23N3O4/c1-27-17-8-9-18(19(13-17)28-2)22-23-21(24-29-22)16-12-20(26)25(14-16)11-10-15-6-4-3-5-7-15/h3-9,13,16H,10-12,14H2,1-2H3. The van der Waals surface area contributed by atoms with Crippen molar-refractivity contribution >= 4 is 5.91 Å². The number of carbonyl (C=O) groups is 1. The van der Waals surface area contributed by atoms with E-state index in [9.17, 15) is 4.79 Å². The highest BCUT2D eigenvalue weighted by Crippen LogP contribution is 2.34. The van der Waals surface area contributed by atoms with Crippen LogP contribution in [0.2, 0.25) is 0 Å². The lowest BCUT2D eigenvalue weighted by atomic mass is 10.1. The van der Waals surface area contributed by atoms with Crippen molar-refractivity contribution in [2.75, 3.05) is 27.3 Å². The van der Waals surface area contributed by atoms with E-state index in [-0.39, 0.29) is 11.8 Å². The minimum atomic E-state index is -0.0694. The average Bonchev–Trinajstić information content (AvgIpc) is 3.39. The summed E-state index contributed by atoms with van der Waals surface area (Å²) in [6.45, 7) is 1.29. The molecule has 0 spiro atoms. The molecule has 29 heavy (non-hydrogen) atoms. The second-order valence-corrected chi connectivity index (χ2v) is 7.00. The molecule has 0 radical (unpaired) electrons. The zero-order chi connectivity index (χ0) is 20.2. The van der Waals surface area contributed by atoms with Gasteiger partial charge in [-0.2, -0.15) is 4.98 Å². The van der Waals surface area contributed by atoms with E-state index < -0.39 is 0 Å². The van der Waals surface area contributed by atoms with Gasteiger partial charge in [0.15, 0.2) is 5.82 Å². The van der Waals surface area contributed by atoms with Gasteiger partial charge < -0.3 is 18.9 Å². The molecule has 0 N–H and O–H groups in total. The van der Waals surface area contributed by atoms with Crippen LogP contribution in [0.3, 0.4) is 0 Å². The Labute approximate surface area is 169 Å². The summed E-state index contributed by atoms with van der Waals surface area (Å²) in [6.07, 6.45) is 1.23. The van der Waals surface area contributed by atoms with E-state index in [1.807, 2.05) is 35.2 Å². The van der Waals surface area contributed by atoms with Gasteiger partial charge in [0.05, 0.1) is 19.8 Å². The molecule has 2 aromatic carbocycles. The number of amides is 1. The summed E-state index contributed by atoms with van der Waals surface area (Å²) in [6, 6.07) is 15.6. The quantitative estimate of drug-likeness (QED) is 0.613. The molecule has 1 unspecified atom stereocenters. The Hall–Kier alpha value is -3.35. The first-order valence-corrected chi connectivity index (χ1v) is 9.55. The van der Waals surface area contributed by atoms with Gasteiger partial charge in [0.2, 0.25) is 5.91 Å². The zero-order valence-electron chi connectivity index (χ0n) is 16.5. The second kappa shape index (κ2) is 8.34. The van der Waals surface area contributed by atoms with Crippen molar-refractivity contribution in [2.24, 2.45) is 0 Å². The van der Waals surface area contributed by atoms with Crippen molar-refractivity contribution in [1.29, 1.82) is 0 Å². The van der Waals surface area contributed by atoms with E-state index in [1.165, 1.54) is 5.56 Å². The number of hydrogen-bond donors (Lipinski definition) is 0. The van der Waals surface area contributed by atoms with E-state index in [0.717, 1.165) is 6.42 Å². The lowest BCUT2D eigenvalue weighted by Crippen LogP contribution is -2.27. The maximum Gasteiger partial charge on any atom is 0.261 e. The summed E-state index contributed by atoms with van der Waals surface area (Å²) in [5, 5.41) is 4.13. The van der Waals surface area contributed by atoms with Gasteiger partial charge in [-0.15, -0.1) is 0 Å². The molecule has 1 aliphatic heterocycles. The number of ether oxygens (including phenoxy) is 2. The average molecular weight is 393 g/mol. The molecule has 0 saturated carbocycles. The fourth-order valence-corrected chi connectivity index (χ4v) is 3.56. The Morgan fingerprint density at radius 3 is 2.72 bits per heavy atom. The summed E-state index contributed by atoms with van der Waals surface area (Å²) in [4.78, 5) is 18.8. The van der Waals surface area contributed by atoms with Crippen molar-refractivity contribution in [1.82, 2.24) is 15.0 Å². The molecular weight excluding hydrogens is 370 g/mol. The van der Waals surface area contributed by atoms with Crippen LogP contribution in [0.25, 0.3) is 11.5 Å². The highest BCUT2D eigenvalue weighted by atomic mass is 16.5. The number of benzene rings is 2. The van der Waals surface area contributed by atoms with Gasteiger partial charge in [0.25, 0.3) is 5.89 Å². The molecule has 7 heteroatoms. The summed E-state index contributed by atoms with van der Waals surface area (Å²) >= 11 is 0. The third-order valence-corrected chi connectivity index (χ3v) is 5.17. The van der Waals surface area contributed by atoms with Crippen LogP contribution in [0.1, 0.15) is 23.7 Å². The molecule has 7 nitrogen and oxygen atoms in total. The Balaban J connectivity index is 1.45. The number of nitrogens with zero attached hydrogens (tertiary/aromatic N) is 3. The van der Waals surface area contributed by atoms with E-state index >= 15 is 0 Å². The number of aromatic nitrogens is 2. The second-order valence-electron chi connectivity index (χ2n) is 7.00. The number of carbonyl (C=O) groups excluding carboxylic acids is 1. The smallest absolute Gasteiger partial charge is 0.261 e. The fourth-order valence-electron chi connectivity index (χ4n) is 3.56. The molecule has 150 valence electrons. The molecular formula is C22H23N3O4. The predicted molar refractivity (Wildman–Crippen MR) is 107 cm³/mol. The summed E-state index contributed by atoms with van der Waals surface area (Å²) in [5.74, 6) is 2.25. The fraction of sp³-hybridized carbons (Fsp3) is 0.318. The molecule has 1 saturated heterocycles. The summed E-state index contributed by atoms with van der Waals surface area (Å²) in [7, 11) is 3.18. The molecule has 2 heterocycles. The Bertz CT molecular complexity index is 987.